The van der Waals surface area contributed by atoms with Crippen LogP contribution in [-0.2, 0) is 22.6 Å². The molecule has 4 heterocycles. The second-order valence-corrected chi connectivity index (χ2v) is 11.7. The fourth-order valence-corrected chi connectivity index (χ4v) is 6.26. The lowest BCUT2D eigenvalue weighted by molar-refractivity contribution is -0.142. The molecule has 0 aliphatic carbocycles. The first-order valence-electron chi connectivity index (χ1n) is 15.6. The van der Waals surface area contributed by atoms with Gasteiger partial charge < -0.3 is 15.1 Å². The van der Waals surface area contributed by atoms with Crippen LogP contribution in [0.5, 0.6) is 0 Å². The number of amides is 3. The van der Waals surface area contributed by atoms with E-state index in [1.54, 1.807) is 33.5 Å². The van der Waals surface area contributed by atoms with E-state index in [0.29, 0.717) is 56.2 Å². The van der Waals surface area contributed by atoms with Crippen LogP contribution in [-0.4, -0.2) is 77.7 Å². The molecule has 3 amide bonds. The predicted molar refractivity (Wildman–Crippen MR) is 167 cm³/mol. The van der Waals surface area contributed by atoms with Gasteiger partial charge in [0, 0.05) is 32.1 Å². The monoisotopic (exact) mass is 610 g/mol. The number of nitrogens with one attached hydrogen (secondary N) is 2. The summed E-state index contributed by atoms with van der Waals surface area (Å²) < 4.78 is 3.10. The quantitative estimate of drug-likeness (QED) is 0.365. The summed E-state index contributed by atoms with van der Waals surface area (Å²) in [5, 5.41) is 10.8. The van der Waals surface area contributed by atoms with Gasteiger partial charge in [-0.15, -0.1) is 0 Å². The Morgan fingerprint density at radius 3 is 2.44 bits per heavy atom. The van der Waals surface area contributed by atoms with Gasteiger partial charge in [0.15, 0.2) is 0 Å². The zero-order chi connectivity index (χ0) is 31.3. The lowest BCUT2D eigenvalue weighted by Gasteiger charge is -2.36. The number of hydrogen-bond donors (Lipinski definition) is 2. The molecule has 2 aromatic carbocycles. The van der Waals surface area contributed by atoms with E-state index in [0.717, 1.165) is 18.4 Å². The first kappa shape index (κ1) is 30.0. The van der Waals surface area contributed by atoms with Crippen LogP contribution in [0.2, 0.25) is 0 Å². The Morgan fingerprint density at radius 1 is 0.911 bits per heavy atom. The number of rotatable bonds is 4. The number of aryl methyl sites for hydroxylation is 1. The molecule has 12 nitrogen and oxygen atoms in total. The van der Waals surface area contributed by atoms with Gasteiger partial charge in [-0.2, -0.15) is 5.10 Å². The SMILES string of the molecule is Cc1nc2n(n1)CCN(C(=O)c1cc(=O)n(-c3ccccc3)[nH]1)CCCC(=O)N1CCCC[C@H]1C(=O)N[C@@H]2Cc1ccccc1. The summed E-state index contributed by atoms with van der Waals surface area (Å²) in [5.41, 5.74) is 1.47. The molecule has 2 aromatic heterocycles. The van der Waals surface area contributed by atoms with E-state index in [1.807, 2.05) is 48.5 Å². The number of hydrogen-bond acceptors (Lipinski definition) is 6. The Balaban J connectivity index is 1.33. The Morgan fingerprint density at radius 2 is 1.67 bits per heavy atom. The van der Waals surface area contributed by atoms with Crippen molar-refractivity contribution in [3.63, 3.8) is 0 Å². The lowest BCUT2D eigenvalue weighted by Crippen LogP contribution is -2.53. The summed E-state index contributed by atoms with van der Waals surface area (Å²) in [6.45, 7) is 3.20. The molecule has 4 aromatic rings. The number of benzene rings is 2. The van der Waals surface area contributed by atoms with Crippen LogP contribution in [0.1, 0.15) is 65.8 Å². The minimum Gasteiger partial charge on any atom is -0.344 e. The lowest BCUT2D eigenvalue weighted by atomic mass is 9.99. The fourth-order valence-electron chi connectivity index (χ4n) is 6.26. The molecule has 45 heavy (non-hydrogen) atoms. The fraction of sp³-hybridized carbons (Fsp3) is 0.394. The number of carbonyl (C=O) groups excluding carboxylic acids is 3. The molecule has 0 bridgehead atoms. The maximum Gasteiger partial charge on any atom is 0.272 e. The standard InChI is InChI=1S/C33H38N8O4/c1-23-34-31-26(21-24-11-4-2-5-12-24)35-32(44)28-15-8-9-18-39(28)29(42)16-10-17-38(19-20-40(31)36-23)33(45)27-22-30(43)41(37-27)25-13-6-3-7-14-25/h2-7,11-14,22,26,28,37H,8-10,15-21H2,1H3,(H,35,44)/t26-,28+/m1/s1. The molecule has 2 N–H and O–H groups in total. The van der Waals surface area contributed by atoms with E-state index in [-0.39, 0.29) is 41.9 Å². The molecule has 12 heteroatoms. The second kappa shape index (κ2) is 13.3. The average molecular weight is 611 g/mol. The maximum atomic E-state index is 13.9. The molecule has 1 fully saturated rings. The van der Waals surface area contributed by atoms with Crippen LogP contribution in [0.3, 0.4) is 0 Å². The van der Waals surface area contributed by atoms with Crippen molar-refractivity contribution in [1.29, 1.82) is 0 Å². The summed E-state index contributed by atoms with van der Waals surface area (Å²) in [6, 6.07) is 19.2. The Kier molecular flexibility index (Phi) is 8.90. The van der Waals surface area contributed by atoms with Crippen molar-refractivity contribution >= 4 is 17.7 Å². The molecule has 2 aliphatic rings. The van der Waals surface area contributed by atoms with Gasteiger partial charge in [0.1, 0.15) is 23.4 Å². The van der Waals surface area contributed by atoms with Gasteiger partial charge in [0.25, 0.3) is 11.5 Å². The third-order valence-electron chi connectivity index (χ3n) is 8.50. The summed E-state index contributed by atoms with van der Waals surface area (Å²) >= 11 is 0. The maximum absolute atomic E-state index is 13.9. The van der Waals surface area contributed by atoms with Gasteiger partial charge in [-0.1, -0.05) is 48.5 Å². The van der Waals surface area contributed by atoms with Gasteiger partial charge in [-0.25, -0.2) is 14.3 Å². The van der Waals surface area contributed by atoms with E-state index in [2.05, 4.69) is 15.5 Å². The summed E-state index contributed by atoms with van der Waals surface area (Å²) in [4.78, 5) is 62.0. The molecule has 234 valence electrons. The van der Waals surface area contributed by atoms with Crippen LogP contribution < -0.4 is 10.9 Å². The van der Waals surface area contributed by atoms with Crippen molar-refractivity contribution in [2.75, 3.05) is 19.6 Å². The Bertz CT molecular complexity index is 1710. The minimum atomic E-state index is -0.564. The number of H-pyrrole nitrogens is 1. The van der Waals surface area contributed by atoms with Crippen LogP contribution >= 0.6 is 0 Å². The van der Waals surface area contributed by atoms with Crippen molar-refractivity contribution in [2.24, 2.45) is 0 Å². The highest BCUT2D eigenvalue weighted by Gasteiger charge is 2.34. The molecular weight excluding hydrogens is 572 g/mol. The van der Waals surface area contributed by atoms with Gasteiger partial charge in [-0.05, 0) is 56.7 Å². The first-order chi connectivity index (χ1) is 21.9. The number of fused-ring (bicyclic) bond motifs is 2. The van der Waals surface area contributed by atoms with Crippen molar-refractivity contribution in [2.45, 2.75) is 64.1 Å². The molecule has 0 saturated carbocycles. The number of carbonyl (C=O) groups is 3. The highest BCUT2D eigenvalue weighted by atomic mass is 16.2. The van der Waals surface area contributed by atoms with E-state index in [1.165, 1.54) is 10.7 Å². The van der Waals surface area contributed by atoms with E-state index in [4.69, 9.17) is 4.98 Å². The Labute approximate surface area is 261 Å². The number of aromatic amines is 1. The largest absolute Gasteiger partial charge is 0.344 e. The van der Waals surface area contributed by atoms with Crippen molar-refractivity contribution in [1.82, 2.24) is 39.7 Å². The van der Waals surface area contributed by atoms with E-state index < -0.39 is 12.1 Å². The molecular formula is C33H38N8O4. The van der Waals surface area contributed by atoms with E-state index in [9.17, 15) is 19.2 Å². The summed E-state index contributed by atoms with van der Waals surface area (Å²) in [5.74, 6) is 0.521. The topological polar surface area (TPSA) is 138 Å². The van der Waals surface area contributed by atoms with Crippen LogP contribution in [0.15, 0.2) is 71.5 Å². The number of nitrogens with zero attached hydrogens (tertiary/aromatic N) is 6. The minimum absolute atomic E-state index is 0.0958. The summed E-state index contributed by atoms with van der Waals surface area (Å²) in [6.07, 6.45) is 3.41. The smallest absolute Gasteiger partial charge is 0.272 e. The molecule has 2 aliphatic heterocycles. The number of piperidine rings is 1. The van der Waals surface area contributed by atoms with Crippen molar-refractivity contribution in [3.05, 3.63) is 100.0 Å². The number of aromatic nitrogens is 5. The normalized spacial score (nSPS) is 19.8. The highest BCUT2D eigenvalue weighted by Crippen LogP contribution is 2.23. The van der Waals surface area contributed by atoms with Gasteiger partial charge in [-0.3, -0.25) is 24.3 Å². The van der Waals surface area contributed by atoms with E-state index >= 15 is 0 Å². The van der Waals surface area contributed by atoms with Gasteiger partial charge in [0.05, 0.1) is 18.3 Å². The van der Waals surface area contributed by atoms with Crippen molar-refractivity contribution < 1.29 is 14.4 Å². The molecule has 1 saturated heterocycles. The highest BCUT2D eigenvalue weighted by molar-refractivity contribution is 5.92. The molecule has 2 atom stereocenters. The predicted octanol–water partition coefficient (Wildman–Crippen LogP) is 2.78. The summed E-state index contributed by atoms with van der Waals surface area (Å²) in [7, 11) is 0. The zero-order valence-corrected chi connectivity index (χ0v) is 25.4. The average Bonchev–Trinajstić information content (AvgIpc) is 3.64. The second-order valence-electron chi connectivity index (χ2n) is 11.7. The van der Waals surface area contributed by atoms with Crippen LogP contribution in [0.25, 0.3) is 5.69 Å². The zero-order valence-electron chi connectivity index (χ0n) is 25.4. The third kappa shape index (κ3) is 6.74. The molecule has 0 radical (unpaired) electrons. The molecule has 0 unspecified atom stereocenters. The third-order valence-corrected chi connectivity index (χ3v) is 8.50. The van der Waals surface area contributed by atoms with Gasteiger partial charge >= 0.3 is 0 Å². The van der Waals surface area contributed by atoms with Crippen molar-refractivity contribution in [3.8, 4) is 5.69 Å². The number of para-hydroxylation sites is 1. The van der Waals surface area contributed by atoms with Crippen LogP contribution in [0, 0.1) is 6.92 Å². The first-order valence-corrected chi connectivity index (χ1v) is 15.6. The molecule has 6 rings (SSSR count). The van der Waals surface area contributed by atoms with Crippen LogP contribution in [0.4, 0.5) is 0 Å². The molecule has 0 spiro atoms. The van der Waals surface area contributed by atoms with Gasteiger partial charge in [0.2, 0.25) is 11.8 Å². The Hall–Kier alpha value is -5.00.